The first kappa shape index (κ1) is 12.2. The summed E-state index contributed by atoms with van der Waals surface area (Å²) in [4.78, 5) is 15.5. The van der Waals surface area contributed by atoms with Crippen LogP contribution in [-0.2, 0) is 16.1 Å². The van der Waals surface area contributed by atoms with Crippen LogP contribution in [0.4, 0.5) is 0 Å². The SMILES string of the molecule is COC(=O)Cn1ccnc1-c1cccc(OC)c1. The van der Waals surface area contributed by atoms with Crippen LogP contribution in [0.15, 0.2) is 36.7 Å². The number of nitrogens with zero attached hydrogens (tertiary/aromatic N) is 2. The van der Waals surface area contributed by atoms with Gasteiger partial charge in [-0.05, 0) is 12.1 Å². The Balaban J connectivity index is 2.32. The van der Waals surface area contributed by atoms with Crippen molar-refractivity contribution in [3.63, 3.8) is 0 Å². The second-order valence-corrected chi connectivity index (χ2v) is 3.69. The average Bonchev–Trinajstić information content (AvgIpc) is 2.86. The Morgan fingerprint density at radius 1 is 1.39 bits per heavy atom. The summed E-state index contributed by atoms with van der Waals surface area (Å²) in [6.45, 7) is 0.142. The molecule has 5 nitrogen and oxygen atoms in total. The fraction of sp³-hybridized carbons (Fsp3) is 0.231. The first-order valence-electron chi connectivity index (χ1n) is 5.47. The molecule has 0 spiro atoms. The monoisotopic (exact) mass is 246 g/mol. The molecule has 0 aliphatic heterocycles. The fourth-order valence-corrected chi connectivity index (χ4v) is 1.66. The molecule has 0 saturated carbocycles. The summed E-state index contributed by atoms with van der Waals surface area (Å²) in [7, 11) is 2.98. The van der Waals surface area contributed by atoms with Crippen LogP contribution in [0.25, 0.3) is 11.4 Å². The molecule has 0 unspecified atom stereocenters. The minimum Gasteiger partial charge on any atom is -0.497 e. The molecule has 0 atom stereocenters. The molecule has 0 aliphatic carbocycles. The van der Waals surface area contributed by atoms with Crippen molar-refractivity contribution in [1.82, 2.24) is 9.55 Å². The lowest BCUT2D eigenvalue weighted by atomic mass is 10.2. The smallest absolute Gasteiger partial charge is 0.325 e. The Morgan fingerprint density at radius 3 is 2.94 bits per heavy atom. The Bertz CT molecular complexity index is 549. The van der Waals surface area contributed by atoms with Crippen molar-refractivity contribution in [2.24, 2.45) is 0 Å². The zero-order valence-corrected chi connectivity index (χ0v) is 10.3. The van der Waals surface area contributed by atoms with E-state index in [1.807, 2.05) is 24.3 Å². The van der Waals surface area contributed by atoms with Crippen LogP contribution < -0.4 is 4.74 Å². The number of benzene rings is 1. The van der Waals surface area contributed by atoms with Gasteiger partial charge in [-0.15, -0.1) is 0 Å². The molecule has 0 fully saturated rings. The summed E-state index contributed by atoms with van der Waals surface area (Å²) in [5.74, 6) is 1.15. The standard InChI is InChI=1S/C13H14N2O3/c1-17-11-5-3-4-10(8-11)13-14-6-7-15(13)9-12(16)18-2/h3-8H,9H2,1-2H3. The van der Waals surface area contributed by atoms with Gasteiger partial charge in [0.2, 0.25) is 0 Å². The number of hydrogen-bond acceptors (Lipinski definition) is 4. The van der Waals surface area contributed by atoms with E-state index in [9.17, 15) is 4.79 Å². The summed E-state index contributed by atoms with van der Waals surface area (Å²) in [5.41, 5.74) is 0.892. The number of rotatable bonds is 4. The summed E-state index contributed by atoms with van der Waals surface area (Å²) in [6, 6.07) is 7.52. The Kier molecular flexibility index (Phi) is 3.62. The fourth-order valence-electron chi connectivity index (χ4n) is 1.66. The first-order chi connectivity index (χ1) is 8.74. The van der Waals surface area contributed by atoms with Crippen molar-refractivity contribution in [3.8, 4) is 17.1 Å². The average molecular weight is 246 g/mol. The van der Waals surface area contributed by atoms with E-state index < -0.39 is 0 Å². The van der Waals surface area contributed by atoms with Gasteiger partial charge >= 0.3 is 5.97 Å². The minimum absolute atomic E-state index is 0.142. The molecule has 0 bridgehead atoms. The maximum atomic E-state index is 11.3. The van der Waals surface area contributed by atoms with Crippen molar-refractivity contribution in [2.45, 2.75) is 6.54 Å². The molecule has 5 heteroatoms. The van der Waals surface area contributed by atoms with Crippen LogP contribution in [0.2, 0.25) is 0 Å². The van der Waals surface area contributed by atoms with E-state index in [0.717, 1.165) is 11.3 Å². The number of ether oxygens (including phenoxy) is 2. The predicted molar refractivity (Wildman–Crippen MR) is 66.2 cm³/mol. The van der Waals surface area contributed by atoms with E-state index in [1.54, 1.807) is 24.1 Å². The van der Waals surface area contributed by atoms with Gasteiger partial charge in [-0.2, -0.15) is 0 Å². The van der Waals surface area contributed by atoms with Crippen molar-refractivity contribution in [1.29, 1.82) is 0 Å². The second-order valence-electron chi connectivity index (χ2n) is 3.69. The van der Waals surface area contributed by atoms with E-state index in [2.05, 4.69) is 9.72 Å². The molecule has 0 aliphatic rings. The molecule has 1 aromatic carbocycles. The van der Waals surface area contributed by atoms with Crippen LogP contribution in [0.1, 0.15) is 0 Å². The maximum absolute atomic E-state index is 11.3. The van der Waals surface area contributed by atoms with Gasteiger partial charge in [0.15, 0.2) is 0 Å². The molecule has 18 heavy (non-hydrogen) atoms. The first-order valence-corrected chi connectivity index (χ1v) is 5.47. The van der Waals surface area contributed by atoms with Gasteiger partial charge in [-0.3, -0.25) is 4.79 Å². The van der Waals surface area contributed by atoms with Gasteiger partial charge in [0.05, 0.1) is 14.2 Å². The summed E-state index contributed by atoms with van der Waals surface area (Å²) < 4.78 is 11.6. The molecule has 2 rings (SSSR count). The third-order valence-electron chi connectivity index (χ3n) is 2.57. The quantitative estimate of drug-likeness (QED) is 0.771. The zero-order valence-electron chi connectivity index (χ0n) is 10.3. The van der Waals surface area contributed by atoms with Crippen LogP contribution in [0.5, 0.6) is 5.75 Å². The molecule has 0 radical (unpaired) electrons. The van der Waals surface area contributed by atoms with Gasteiger partial charge in [0, 0.05) is 18.0 Å². The topological polar surface area (TPSA) is 53.4 Å². The molecular formula is C13H14N2O3. The molecule has 94 valence electrons. The van der Waals surface area contributed by atoms with Crippen LogP contribution in [-0.4, -0.2) is 29.7 Å². The number of imidazole rings is 1. The van der Waals surface area contributed by atoms with E-state index >= 15 is 0 Å². The lowest BCUT2D eigenvalue weighted by molar-refractivity contribution is -0.141. The van der Waals surface area contributed by atoms with Gasteiger partial charge in [-0.1, -0.05) is 12.1 Å². The normalized spacial score (nSPS) is 10.1. The highest BCUT2D eigenvalue weighted by Crippen LogP contribution is 2.22. The van der Waals surface area contributed by atoms with Crippen molar-refractivity contribution in [3.05, 3.63) is 36.7 Å². The summed E-state index contributed by atoms with van der Waals surface area (Å²) in [6.07, 6.45) is 3.39. The molecule has 1 aromatic heterocycles. The maximum Gasteiger partial charge on any atom is 0.325 e. The highest BCUT2D eigenvalue weighted by atomic mass is 16.5. The number of carbonyl (C=O) groups is 1. The van der Waals surface area contributed by atoms with Crippen LogP contribution in [0, 0.1) is 0 Å². The number of hydrogen-bond donors (Lipinski definition) is 0. The molecule has 0 N–H and O–H groups in total. The van der Waals surface area contributed by atoms with Crippen molar-refractivity contribution >= 4 is 5.97 Å². The summed E-state index contributed by atoms with van der Waals surface area (Å²) >= 11 is 0. The van der Waals surface area contributed by atoms with Gasteiger partial charge in [-0.25, -0.2) is 4.98 Å². The van der Waals surface area contributed by atoms with Crippen LogP contribution in [0.3, 0.4) is 0 Å². The van der Waals surface area contributed by atoms with Crippen molar-refractivity contribution < 1.29 is 14.3 Å². The highest BCUT2D eigenvalue weighted by molar-refractivity contribution is 5.70. The Labute approximate surface area is 105 Å². The number of aromatic nitrogens is 2. The largest absolute Gasteiger partial charge is 0.497 e. The third-order valence-corrected chi connectivity index (χ3v) is 2.57. The number of methoxy groups -OCH3 is 2. The van der Waals surface area contributed by atoms with Gasteiger partial charge in [0.25, 0.3) is 0 Å². The van der Waals surface area contributed by atoms with Gasteiger partial charge in [0.1, 0.15) is 18.1 Å². The molecule has 0 saturated heterocycles. The number of carbonyl (C=O) groups excluding carboxylic acids is 1. The lowest BCUT2D eigenvalue weighted by Gasteiger charge is -2.07. The zero-order chi connectivity index (χ0) is 13.0. The molecule has 2 aromatic rings. The van der Waals surface area contributed by atoms with Crippen molar-refractivity contribution in [2.75, 3.05) is 14.2 Å². The van der Waals surface area contributed by atoms with Crippen LogP contribution >= 0.6 is 0 Å². The van der Waals surface area contributed by atoms with E-state index in [4.69, 9.17) is 4.74 Å². The Hall–Kier alpha value is -2.30. The Morgan fingerprint density at radius 2 is 2.22 bits per heavy atom. The minimum atomic E-state index is -0.308. The predicted octanol–water partition coefficient (Wildman–Crippen LogP) is 1.73. The van der Waals surface area contributed by atoms with Gasteiger partial charge < -0.3 is 14.0 Å². The third kappa shape index (κ3) is 2.51. The molecular weight excluding hydrogens is 232 g/mol. The van der Waals surface area contributed by atoms with E-state index in [1.165, 1.54) is 7.11 Å². The summed E-state index contributed by atoms with van der Waals surface area (Å²) in [5, 5.41) is 0. The molecule has 0 amide bonds. The lowest BCUT2D eigenvalue weighted by Crippen LogP contribution is -2.11. The molecule has 1 heterocycles. The van der Waals surface area contributed by atoms with E-state index in [-0.39, 0.29) is 12.5 Å². The highest BCUT2D eigenvalue weighted by Gasteiger charge is 2.10. The number of esters is 1. The second kappa shape index (κ2) is 5.35. The van der Waals surface area contributed by atoms with E-state index in [0.29, 0.717) is 5.82 Å².